The monoisotopic (exact) mass is 337 g/mol. The van der Waals surface area contributed by atoms with Crippen LogP contribution in [0.4, 0.5) is 4.39 Å². The molecule has 0 aliphatic rings. The van der Waals surface area contributed by atoms with Crippen LogP contribution in [-0.2, 0) is 17.6 Å². The lowest BCUT2D eigenvalue weighted by Crippen LogP contribution is -2.25. The van der Waals surface area contributed by atoms with E-state index in [1.54, 1.807) is 12.1 Å². The summed E-state index contributed by atoms with van der Waals surface area (Å²) in [6, 6.07) is 20.0. The van der Waals surface area contributed by atoms with E-state index in [1.165, 1.54) is 12.1 Å². The first kappa shape index (κ1) is 17.0. The minimum absolute atomic E-state index is 0.0141. The van der Waals surface area contributed by atoms with Gasteiger partial charge in [-0.1, -0.05) is 42.5 Å². The molecule has 3 nitrogen and oxygen atoms in total. The Balaban J connectivity index is 1.42. The van der Waals surface area contributed by atoms with Crippen LogP contribution in [0.3, 0.4) is 0 Å². The van der Waals surface area contributed by atoms with Crippen molar-refractivity contribution in [3.63, 3.8) is 0 Å². The summed E-state index contributed by atoms with van der Waals surface area (Å²) in [4.78, 5) is 11.9. The Morgan fingerprint density at radius 3 is 2.44 bits per heavy atom. The first-order chi connectivity index (χ1) is 12.2. The van der Waals surface area contributed by atoms with Crippen molar-refractivity contribution in [2.45, 2.75) is 19.3 Å². The van der Waals surface area contributed by atoms with Crippen molar-refractivity contribution in [1.29, 1.82) is 0 Å². The zero-order valence-corrected chi connectivity index (χ0v) is 13.9. The van der Waals surface area contributed by atoms with Gasteiger partial charge in [0.1, 0.15) is 17.3 Å². The molecule has 4 heteroatoms. The van der Waals surface area contributed by atoms with Crippen molar-refractivity contribution < 1.29 is 13.6 Å². The van der Waals surface area contributed by atoms with Crippen molar-refractivity contribution in [3.05, 3.63) is 83.9 Å². The van der Waals surface area contributed by atoms with Gasteiger partial charge in [0.05, 0.1) is 0 Å². The second-order valence-electron chi connectivity index (χ2n) is 5.86. The Morgan fingerprint density at radius 2 is 1.68 bits per heavy atom. The van der Waals surface area contributed by atoms with Gasteiger partial charge in [0.15, 0.2) is 0 Å². The van der Waals surface area contributed by atoms with Gasteiger partial charge in [-0.05, 0) is 36.2 Å². The van der Waals surface area contributed by atoms with Gasteiger partial charge in [-0.2, -0.15) is 0 Å². The smallest absolute Gasteiger partial charge is 0.220 e. The Morgan fingerprint density at radius 1 is 0.920 bits per heavy atom. The fourth-order valence-corrected chi connectivity index (χ4v) is 2.59. The fourth-order valence-electron chi connectivity index (χ4n) is 2.59. The summed E-state index contributed by atoms with van der Waals surface area (Å²) in [5, 5.41) is 2.88. The van der Waals surface area contributed by atoms with E-state index in [4.69, 9.17) is 4.42 Å². The Bertz CT molecular complexity index is 809. The molecule has 0 unspecified atom stereocenters. The number of hydrogen-bond acceptors (Lipinski definition) is 2. The summed E-state index contributed by atoms with van der Waals surface area (Å²) in [6.07, 6.45) is 1.63. The van der Waals surface area contributed by atoms with Gasteiger partial charge in [0.2, 0.25) is 5.91 Å². The van der Waals surface area contributed by atoms with E-state index in [1.807, 2.05) is 42.5 Å². The number of aryl methyl sites for hydroxylation is 1. The van der Waals surface area contributed by atoms with Crippen molar-refractivity contribution >= 4 is 5.91 Å². The number of carbonyl (C=O) groups is 1. The van der Waals surface area contributed by atoms with E-state index < -0.39 is 0 Å². The van der Waals surface area contributed by atoms with Crippen LogP contribution in [0.5, 0.6) is 0 Å². The Kier molecular flexibility index (Phi) is 5.62. The average Bonchev–Trinajstić information content (AvgIpc) is 3.11. The summed E-state index contributed by atoms with van der Waals surface area (Å²) in [5.41, 5.74) is 2.03. The van der Waals surface area contributed by atoms with E-state index in [0.29, 0.717) is 25.8 Å². The molecule has 0 aliphatic heterocycles. The minimum atomic E-state index is -0.249. The standard InChI is InChI=1S/C21H20FNO2/c22-18-8-6-16(7-9-18)14-15-23-21(24)13-11-19-10-12-20(25-19)17-4-2-1-3-5-17/h1-10,12H,11,13-15H2,(H,23,24). The molecule has 0 aliphatic carbocycles. The molecule has 0 fully saturated rings. The summed E-state index contributed by atoms with van der Waals surface area (Å²) in [7, 11) is 0. The molecule has 0 saturated heterocycles. The van der Waals surface area contributed by atoms with Crippen molar-refractivity contribution in [2.75, 3.05) is 6.54 Å². The van der Waals surface area contributed by atoms with Crippen LogP contribution in [0.25, 0.3) is 11.3 Å². The van der Waals surface area contributed by atoms with E-state index in [9.17, 15) is 9.18 Å². The highest BCUT2D eigenvalue weighted by Gasteiger charge is 2.07. The number of hydrogen-bond donors (Lipinski definition) is 1. The van der Waals surface area contributed by atoms with E-state index in [2.05, 4.69) is 5.32 Å². The summed E-state index contributed by atoms with van der Waals surface area (Å²) >= 11 is 0. The van der Waals surface area contributed by atoms with Crippen molar-refractivity contribution in [1.82, 2.24) is 5.32 Å². The zero-order chi connectivity index (χ0) is 17.5. The molecule has 0 bridgehead atoms. The van der Waals surface area contributed by atoms with Gasteiger partial charge in [-0.25, -0.2) is 4.39 Å². The predicted octanol–water partition coefficient (Wildman–Crippen LogP) is 4.38. The van der Waals surface area contributed by atoms with Gasteiger partial charge < -0.3 is 9.73 Å². The molecule has 1 amide bonds. The second-order valence-corrected chi connectivity index (χ2v) is 5.86. The molecular formula is C21H20FNO2. The number of nitrogens with one attached hydrogen (secondary N) is 1. The molecule has 25 heavy (non-hydrogen) atoms. The highest BCUT2D eigenvalue weighted by atomic mass is 19.1. The predicted molar refractivity (Wildman–Crippen MR) is 95.6 cm³/mol. The molecule has 1 N–H and O–H groups in total. The molecule has 0 saturated carbocycles. The van der Waals surface area contributed by atoms with Crippen LogP contribution < -0.4 is 5.32 Å². The number of amides is 1. The molecule has 1 heterocycles. The van der Waals surface area contributed by atoms with Gasteiger partial charge >= 0.3 is 0 Å². The molecule has 0 atom stereocenters. The topological polar surface area (TPSA) is 42.2 Å². The third-order valence-corrected chi connectivity index (χ3v) is 3.97. The van der Waals surface area contributed by atoms with E-state index >= 15 is 0 Å². The summed E-state index contributed by atoms with van der Waals surface area (Å²) in [5.74, 6) is 1.35. The van der Waals surface area contributed by atoms with E-state index in [0.717, 1.165) is 22.6 Å². The number of benzene rings is 2. The van der Waals surface area contributed by atoms with Crippen molar-refractivity contribution in [2.24, 2.45) is 0 Å². The molecule has 128 valence electrons. The van der Waals surface area contributed by atoms with Crippen LogP contribution in [-0.4, -0.2) is 12.5 Å². The number of furan rings is 1. The number of carbonyl (C=O) groups excluding carboxylic acids is 1. The van der Waals surface area contributed by atoms with E-state index in [-0.39, 0.29) is 11.7 Å². The number of rotatable bonds is 7. The average molecular weight is 337 g/mol. The lowest BCUT2D eigenvalue weighted by Gasteiger charge is -2.05. The SMILES string of the molecule is O=C(CCc1ccc(-c2ccccc2)o1)NCCc1ccc(F)cc1. The molecular weight excluding hydrogens is 317 g/mol. The zero-order valence-electron chi connectivity index (χ0n) is 13.9. The largest absolute Gasteiger partial charge is 0.461 e. The third-order valence-electron chi connectivity index (χ3n) is 3.97. The normalized spacial score (nSPS) is 10.6. The maximum Gasteiger partial charge on any atom is 0.220 e. The Labute approximate surface area is 146 Å². The molecule has 0 spiro atoms. The first-order valence-corrected chi connectivity index (χ1v) is 8.36. The second kappa shape index (κ2) is 8.29. The Hall–Kier alpha value is -2.88. The summed E-state index contributed by atoms with van der Waals surface area (Å²) < 4.78 is 18.6. The summed E-state index contributed by atoms with van der Waals surface area (Å²) in [6.45, 7) is 0.540. The quantitative estimate of drug-likeness (QED) is 0.695. The van der Waals surface area contributed by atoms with Gasteiger partial charge in [0.25, 0.3) is 0 Å². The number of halogens is 1. The lowest BCUT2D eigenvalue weighted by molar-refractivity contribution is -0.121. The molecule has 3 rings (SSSR count). The van der Waals surface area contributed by atoms with Gasteiger partial charge in [0, 0.05) is 24.9 Å². The lowest BCUT2D eigenvalue weighted by atomic mass is 10.1. The fraction of sp³-hybridized carbons (Fsp3) is 0.190. The van der Waals surface area contributed by atoms with Crippen LogP contribution in [0.15, 0.2) is 71.1 Å². The van der Waals surface area contributed by atoms with Crippen molar-refractivity contribution in [3.8, 4) is 11.3 Å². The first-order valence-electron chi connectivity index (χ1n) is 8.36. The van der Waals surface area contributed by atoms with Crippen LogP contribution in [0.2, 0.25) is 0 Å². The van der Waals surface area contributed by atoms with Crippen LogP contribution in [0, 0.1) is 5.82 Å². The molecule has 2 aromatic carbocycles. The maximum absolute atomic E-state index is 12.8. The highest BCUT2D eigenvalue weighted by Crippen LogP contribution is 2.22. The third kappa shape index (κ3) is 5.05. The maximum atomic E-state index is 12.8. The molecule has 0 radical (unpaired) electrons. The minimum Gasteiger partial charge on any atom is -0.461 e. The molecule has 3 aromatic rings. The van der Waals surface area contributed by atoms with Gasteiger partial charge in [-0.3, -0.25) is 4.79 Å². The van der Waals surface area contributed by atoms with Gasteiger partial charge in [-0.15, -0.1) is 0 Å². The van der Waals surface area contributed by atoms with Crippen LogP contribution >= 0.6 is 0 Å². The van der Waals surface area contributed by atoms with Crippen LogP contribution in [0.1, 0.15) is 17.7 Å². The highest BCUT2D eigenvalue weighted by molar-refractivity contribution is 5.76. The molecule has 1 aromatic heterocycles.